The summed E-state index contributed by atoms with van der Waals surface area (Å²) in [6.07, 6.45) is -0.114. The molecule has 0 spiro atoms. The van der Waals surface area contributed by atoms with E-state index in [2.05, 4.69) is 4.98 Å². The van der Waals surface area contributed by atoms with Gasteiger partial charge in [-0.1, -0.05) is 36.4 Å². The molecule has 32 heavy (non-hydrogen) atoms. The average Bonchev–Trinajstić information content (AvgIpc) is 3.06. The van der Waals surface area contributed by atoms with E-state index in [0.717, 1.165) is 16.2 Å². The van der Waals surface area contributed by atoms with Crippen LogP contribution < -0.4 is 0 Å². The van der Waals surface area contributed by atoms with Crippen molar-refractivity contribution < 1.29 is 23.9 Å². The summed E-state index contributed by atoms with van der Waals surface area (Å²) in [7, 11) is 0. The molecule has 0 saturated carbocycles. The zero-order valence-corrected chi connectivity index (χ0v) is 19.0. The number of nitrogens with zero attached hydrogens (tertiary/aromatic N) is 2. The van der Waals surface area contributed by atoms with Gasteiger partial charge in [0.2, 0.25) is 5.91 Å². The van der Waals surface area contributed by atoms with Crippen molar-refractivity contribution in [1.82, 2.24) is 9.88 Å². The minimum absolute atomic E-state index is 0.126. The number of cyclic esters (lactones) is 1. The van der Waals surface area contributed by atoms with Gasteiger partial charge in [-0.05, 0) is 51.8 Å². The second-order valence-corrected chi connectivity index (χ2v) is 9.09. The van der Waals surface area contributed by atoms with E-state index in [9.17, 15) is 14.4 Å². The van der Waals surface area contributed by atoms with Crippen LogP contribution in [-0.4, -0.2) is 46.1 Å². The van der Waals surface area contributed by atoms with Gasteiger partial charge in [0.15, 0.2) is 0 Å². The second kappa shape index (κ2) is 9.94. The Morgan fingerprint density at radius 1 is 1.16 bits per heavy atom. The highest BCUT2D eigenvalue weighted by atomic mass is 16.6. The standard InChI is InChI=1S/C25H30N2O5/c1-17-9-8-12-20(26-17)14-19(15-22(28)32-25(2,3)4)23(29)27-21(16-31-24(27)30)13-18-10-6-5-7-11-18/h5-12,19,21H,13-16H2,1-4H3. The van der Waals surface area contributed by atoms with Gasteiger partial charge >= 0.3 is 12.1 Å². The van der Waals surface area contributed by atoms with Gasteiger partial charge in [-0.25, -0.2) is 9.69 Å². The van der Waals surface area contributed by atoms with Gasteiger partial charge in [0.1, 0.15) is 12.2 Å². The number of amides is 2. The zero-order chi connectivity index (χ0) is 23.3. The maximum absolute atomic E-state index is 13.5. The molecule has 1 aromatic heterocycles. The highest BCUT2D eigenvalue weighted by Crippen LogP contribution is 2.24. The number of imide groups is 1. The molecule has 7 heteroatoms. The molecule has 1 aliphatic heterocycles. The maximum atomic E-state index is 13.5. The van der Waals surface area contributed by atoms with Crippen molar-refractivity contribution in [2.75, 3.05) is 6.61 Å². The van der Waals surface area contributed by atoms with Gasteiger partial charge in [-0.2, -0.15) is 0 Å². The van der Waals surface area contributed by atoms with Crippen LogP contribution in [0.25, 0.3) is 0 Å². The van der Waals surface area contributed by atoms with Crippen molar-refractivity contribution in [3.05, 3.63) is 65.5 Å². The van der Waals surface area contributed by atoms with E-state index < -0.39 is 35.5 Å². The zero-order valence-electron chi connectivity index (χ0n) is 19.0. The number of pyridine rings is 1. The van der Waals surface area contributed by atoms with Crippen LogP contribution in [0.3, 0.4) is 0 Å². The molecule has 0 bridgehead atoms. The van der Waals surface area contributed by atoms with Gasteiger partial charge < -0.3 is 9.47 Å². The van der Waals surface area contributed by atoms with Crippen molar-refractivity contribution >= 4 is 18.0 Å². The molecule has 2 heterocycles. The molecule has 0 aliphatic carbocycles. The fourth-order valence-electron chi connectivity index (χ4n) is 3.76. The van der Waals surface area contributed by atoms with Crippen LogP contribution in [0.15, 0.2) is 48.5 Å². The molecule has 1 aromatic carbocycles. The number of ether oxygens (including phenoxy) is 2. The number of aryl methyl sites for hydroxylation is 1. The minimum Gasteiger partial charge on any atom is -0.460 e. The van der Waals surface area contributed by atoms with Crippen LogP contribution in [0, 0.1) is 12.8 Å². The van der Waals surface area contributed by atoms with Crippen molar-refractivity contribution in [3.8, 4) is 0 Å². The lowest BCUT2D eigenvalue weighted by atomic mass is 9.95. The number of rotatable bonds is 7. The highest BCUT2D eigenvalue weighted by Gasteiger charge is 2.41. The van der Waals surface area contributed by atoms with Crippen LogP contribution in [0.1, 0.15) is 44.1 Å². The van der Waals surface area contributed by atoms with Gasteiger partial charge in [0.05, 0.1) is 18.4 Å². The third kappa shape index (κ3) is 6.39. The molecule has 7 nitrogen and oxygen atoms in total. The smallest absolute Gasteiger partial charge is 0.416 e. The molecule has 170 valence electrons. The SMILES string of the molecule is Cc1cccc(CC(CC(=O)OC(C)(C)C)C(=O)N2C(=O)OCC2Cc2ccccc2)n1. The van der Waals surface area contributed by atoms with Crippen molar-refractivity contribution in [2.24, 2.45) is 5.92 Å². The van der Waals surface area contributed by atoms with Gasteiger partial charge in [-0.15, -0.1) is 0 Å². The number of benzene rings is 1. The normalized spacial score (nSPS) is 17.1. The molecule has 2 amide bonds. The van der Waals surface area contributed by atoms with Crippen LogP contribution in [0.4, 0.5) is 4.79 Å². The number of hydrogen-bond donors (Lipinski definition) is 0. The number of carbonyl (C=O) groups is 3. The summed E-state index contributed by atoms with van der Waals surface area (Å²) < 4.78 is 10.7. The third-order valence-corrected chi connectivity index (χ3v) is 5.10. The lowest BCUT2D eigenvalue weighted by Crippen LogP contribution is -2.45. The summed E-state index contributed by atoms with van der Waals surface area (Å²) in [6.45, 7) is 7.32. The van der Waals surface area contributed by atoms with Crippen molar-refractivity contribution in [1.29, 1.82) is 0 Å². The molecule has 1 saturated heterocycles. The summed E-state index contributed by atoms with van der Waals surface area (Å²) in [5.41, 5.74) is 1.82. The second-order valence-electron chi connectivity index (χ2n) is 9.09. The Balaban J connectivity index is 1.83. The third-order valence-electron chi connectivity index (χ3n) is 5.10. The van der Waals surface area contributed by atoms with E-state index >= 15 is 0 Å². The van der Waals surface area contributed by atoms with Crippen molar-refractivity contribution in [2.45, 2.75) is 58.6 Å². The van der Waals surface area contributed by atoms with Crippen LogP contribution in [-0.2, 0) is 31.9 Å². The fourth-order valence-corrected chi connectivity index (χ4v) is 3.76. The molecule has 0 N–H and O–H groups in total. The quantitative estimate of drug-likeness (QED) is 0.610. The van der Waals surface area contributed by atoms with Gasteiger partial charge in [0.25, 0.3) is 0 Å². The average molecular weight is 439 g/mol. The lowest BCUT2D eigenvalue weighted by molar-refractivity contribution is -0.158. The van der Waals surface area contributed by atoms with E-state index in [1.54, 1.807) is 20.8 Å². The number of hydrogen-bond acceptors (Lipinski definition) is 6. The summed E-state index contributed by atoms with van der Waals surface area (Å²) in [5, 5.41) is 0. The Morgan fingerprint density at radius 3 is 2.53 bits per heavy atom. The van der Waals surface area contributed by atoms with Crippen LogP contribution in [0.5, 0.6) is 0 Å². The van der Waals surface area contributed by atoms with Gasteiger partial charge in [0, 0.05) is 17.8 Å². The summed E-state index contributed by atoms with van der Waals surface area (Å²) >= 11 is 0. The first-order chi connectivity index (χ1) is 15.1. The lowest BCUT2D eigenvalue weighted by Gasteiger charge is -2.26. The summed E-state index contributed by atoms with van der Waals surface area (Å²) in [4.78, 5) is 44.2. The Hall–Kier alpha value is -3.22. The van der Waals surface area contributed by atoms with Crippen LogP contribution in [0.2, 0.25) is 0 Å². The predicted molar refractivity (Wildman–Crippen MR) is 119 cm³/mol. The monoisotopic (exact) mass is 438 g/mol. The molecule has 3 rings (SSSR count). The molecular weight excluding hydrogens is 408 g/mol. The first-order valence-electron chi connectivity index (χ1n) is 10.8. The molecule has 0 radical (unpaired) electrons. The number of aromatic nitrogens is 1. The Morgan fingerprint density at radius 2 is 1.88 bits per heavy atom. The Bertz CT molecular complexity index is 968. The minimum atomic E-state index is -0.789. The van der Waals surface area contributed by atoms with E-state index in [0.29, 0.717) is 12.1 Å². The van der Waals surface area contributed by atoms with E-state index in [1.165, 1.54) is 0 Å². The molecule has 1 fully saturated rings. The fraction of sp³-hybridized carbons (Fsp3) is 0.440. The molecular formula is C25H30N2O5. The maximum Gasteiger partial charge on any atom is 0.416 e. The highest BCUT2D eigenvalue weighted by molar-refractivity contribution is 5.96. The number of carbonyl (C=O) groups excluding carboxylic acids is 3. The summed E-state index contributed by atoms with van der Waals surface area (Å²) in [5.74, 6) is -1.72. The molecule has 1 aliphatic rings. The van der Waals surface area contributed by atoms with E-state index in [4.69, 9.17) is 9.47 Å². The largest absolute Gasteiger partial charge is 0.460 e. The van der Waals surface area contributed by atoms with Crippen LogP contribution >= 0.6 is 0 Å². The Labute approximate surface area is 188 Å². The summed E-state index contributed by atoms with van der Waals surface area (Å²) in [6, 6.07) is 14.7. The predicted octanol–water partition coefficient (Wildman–Crippen LogP) is 3.87. The van der Waals surface area contributed by atoms with Gasteiger partial charge in [-0.3, -0.25) is 14.6 Å². The van der Waals surface area contributed by atoms with Crippen molar-refractivity contribution in [3.63, 3.8) is 0 Å². The van der Waals surface area contributed by atoms with E-state index in [-0.39, 0.29) is 19.4 Å². The molecule has 2 atom stereocenters. The first kappa shape index (κ1) is 23.4. The topological polar surface area (TPSA) is 85.8 Å². The Kier molecular flexibility index (Phi) is 7.28. The number of esters is 1. The molecule has 2 aromatic rings. The van der Waals surface area contributed by atoms with E-state index in [1.807, 2.05) is 55.5 Å². The first-order valence-corrected chi connectivity index (χ1v) is 10.8. The molecule has 2 unspecified atom stereocenters.